The SMILES string of the molecule is CC(CO)(CO[Si](c1ccccc1)c1ccc(C(C)(C)C)cc1)NC(=O)OC(C)(C)C. The molecule has 1 atom stereocenters. The zero-order chi connectivity index (χ0) is 23.3. The van der Waals surface area contributed by atoms with Crippen molar-refractivity contribution in [2.24, 2.45) is 0 Å². The highest BCUT2D eigenvalue weighted by Gasteiger charge is 2.31. The maximum atomic E-state index is 12.3. The summed E-state index contributed by atoms with van der Waals surface area (Å²) in [5.41, 5.74) is -0.239. The molecule has 0 saturated heterocycles. The molecule has 0 fully saturated rings. The van der Waals surface area contributed by atoms with E-state index >= 15 is 0 Å². The number of nitrogens with one attached hydrogen (secondary N) is 1. The number of aliphatic hydroxyl groups is 1. The van der Waals surface area contributed by atoms with E-state index in [-0.39, 0.29) is 18.6 Å². The summed E-state index contributed by atoms with van der Waals surface area (Å²) in [7, 11) is -1.58. The molecule has 1 unspecified atom stereocenters. The third kappa shape index (κ3) is 7.80. The Morgan fingerprint density at radius 3 is 1.94 bits per heavy atom. The molecule has 31 heavy (non-hydrogen) atoms. The minimum Gasteiger partial charge on any atom is -0.444 e. The monoisotopic (exact) mass is 442 g/mol. The molecular formula is C25H36NO4Si. The Hall–Kier alpha value is -2.15. The lowest BCUT2D eigenvalue weighted by Gasteiger charge is -2.31. The zero-order valence-electron chi connectivity index (χ0n) is 19.8. The molecule has 0 heterocycles. The van der Waals surface area contributed by atoms with E-state index < -0.39 is 26.3 Å². The van der Waals surface area contributed by atoms with Crippen molar-refractivity contribution in [3.63, 3.8) is 0 Å². The fraction of sp³-hybridized carbons (Fsp3) is 0.480. The molecule has 1 amide bonds. The smallest absolute Gasteiger partial charge is 0.408 e. The molecule has 0 aliphatic carbocycles. The fourth-order valence-corrected chi connectivity index (χ4v) is 5.04. The summed E-state index contributed by atoms with van der Waals surface area (Å²) >= 11 is 0. The molecular weight excluding hydrogens is 406 g/mol. The molecule has 0 aliphatic rings. The number of hydrogen-bond acceptors (Lipinski definition) is 4. The van der Waals surface area contributed by atoms with Gasteiger partial charge in [0.1, 0.15) is 5.60 Å². The van der Waals surface area contributed by atoms with Crippen LogP contribution in [0.5, 0.6) is 0 Å². The van der Waals surface area contributed by atoms with Crippen LogP contribution in [0.1, 0.15) is 54.0 Å². The van der Waals surface area contributed by atoms with Crippen molar-refractivity contribution in [2.75, 3.05) is 13.2 Å². The molecule has 0 saturated carbocycles. The second-order valence-electron chi connectivity index (χ2n) is 10.2. The van der Waals surface area contributed by atoms with Crippen LogP contribution in [0.15, 0.2) is 54.6 Å². The quantitative estimate of drug-likeness (QED) is 0.645. The van der Waals surface area contributed by atoms with Crippen LogP contribution >= 0.6 is 0 Å². The molecule has 169 valence electrons. The van der Waals surface area contributed by atoms with Gasteiger partial charge in [-0.15, -0.1) is 0 Å². The van der Waals surface area contributed by atoms with Crippen LogP contribution < -0.4 is 15.7 Å². The molecule has 1 radical (unpaired) electrons. The number of benzene rings is 2. The highest BCUT2D eigenvalue weighted by molar-refractivity contribution is 6.80. The van der Waals surface area contributed by atoms with E-state index in [1.807, 2.05) is 18.2 Å². The van der Waals surface area contributed by atoms with E-state index in [0.29, 0.717) is 0 Å². The van der Waals surface area contributed by atoms with Gasteiger partial charge >= 0.3 is 6.09 Å². The maximum absolute atomic E-state index is 12.3. The van der Waals surface area contributed by atoms with Gasteiger partial charge in [0.2, 0.25) is 0 Å². The number of rotatable bonds is 7. The fourth-order valence-electron chi connectivity index (χ4n) is 2.95. The minimum absolute atomic E-state index is 0.0752. The molecule has 0 aliphatic heterocycles. The highest BCUT2D eigenvalue weighted by atomic mass is 28.3. The lowest BCUT2D eigenvalue weighted by atomic mass is 9.87. The summed E-state index contributed by atoms with van der Waals surface area (Å²) in [4.78, 5) is 12.3. The number of ether oxygens (including phenoxy) is 1. The van der Waals surface area contributed by atoms with Crippen molar-refractivity contribution in [1.29, 1.82) is 0 Å². The first-order valence-corrected chi connectivity index (χ1v) is 12.0. The Labute approximate surface area is 188 Å². The first-order valence-electron chi connectivity index (χ1n) is 10.6. The van der Waals surface area contributed by atoms with Crippen molar-refractivity contribution in [2.45, 2.75) is 65.0 Å². The number of carbonyl (C=O) groups excluding carboxylic acids is 1. The van der Waals surface area contributed by atoms with Crippen LogP contribution in [-0.4, -0.2) is 44.6 Å². The highest BCUT2D eigenvalue weighted by Crippen LogP contribution is 2.21. The van der Waals surface area contributed by atoms with Gasteiger partial charge in [-0.05, 0) is 49.0 Å². The number of carbonyl (C=O) groups is 1. The molecule has 6 heteroatoms. The molecule has 2 aromatic carbocycles. The minimum atomic E-state index is -1.58. The largest absolute Gasteiger partial charge is 0.444 e. The second kappa shape index (κ2) is 9.98. The van der Waals surface area contributed by atoms with Crippen LogP contribution in [0.2, 0.25) is 0 Å². The molecule has 2 rings (SSSR count). The van der Waals surface area contributed by atoms with E-state index in [1.165, 1.54) is 5.56 Å². The molecule has 0 aromatic heterocycles. The van der Waals surface area contributed by atoms with Gasteiger partial charge in [-0.3, -0.25) is 0 Å². The van der Waals surface area contributed by atoms with Crippen molar-refractivity contribution in [1.82, 2.24) is 5.32 Å². The Morgan fingerprint density at radius 1 is 0.903 bits per heavy atom. The summed E-state index contributed by atoms with van der Waals surface area (Å²) < 4.78 is 11.7. The van der Waals surface area contributed by atoms with E-state index in [1.54, 1.807) is 27.7 Å². The van der Waals surface area contributed by atoms with E-state index in [9.17, 15) is 9.90 Å². The van der Waals surface area contributed by atoms with E-state index in [2.05, 4.69) is 62.5 Å². The standard InChI is InChI=1S/C25H36NO4Si/c1-23(2,3)19-13-15-21(16-14-19)31(20-11-9-8-10-12-20)29-18-25(7,17-27)26-22(28)30-24(4,5)6/h8-16,27H,17-18H2,1-7H3,(H,26,28). The third-order valence-corrected chi connectivity index (χ3v) is 6.88. The Balaban J connectivity index is 2.23. The van der Waals surface area contributed by atoms with Crippen molar-refractivity contribution in [3.8, 4) is 0 Å². The van der Waals surface area contributed by atoms with Gasteiger partial charge in [-0.2, -0.15) is 0 Å². The number of alkyl carbamates (subject to hydrolysis) is 1. The maximum Gasteiger partial charge on any atom is 0.408 e. The summed E-state index contributed by atoms with van der Waals surface area (Å²) in [6.07, 6.45) is -0.573. The van der Waals surface area contributed by atoms with Crippen molar-refractivity contribution < 1.29 is 19.1 Å². The summed E-state index contributed by atoms with van der Waals surface area (Å²) in [5.74, 6) is 0. The van der Waals surface area contributed by atoms with Gasteiger partial charge in [-0.1, -0.05) is 75.4 Å². The average molecular weight is 443 g/mol. The third-order valence-electron chi connectivity index (χ3n) is 4.74. The molecule has 2 N–H and O–H groups in total. The molecule has 5 nitrogen and oxygen atoms in total. The first kappa shape index (κ1) is 25.1. The van der Waals surface area contributed by atoms with Gasteiger partial charge in [-0.25, -0.2) is 4.79 Å². The second-order valence-corrected chi connectivity index (χ2v) is 12.3. The van der Waals surface area contributed by atoms with Crippen molar-refractivity contribution >= 4 is 25.5 Å². The lowest BCUT2D eigenvalue weighted by Crippen LogP contribution is -2.56. The predicted molar refractivity (Wildman–Crippen MR) is 127 cm³/mol. The van der Waals surface area contributed by atoms with Crippen LogP contribution in [0.3, 0.4) is 0 Å². The van der Waals surface area contributed by atoms with Gasteiger partial charge in [0.15, 0.2) is 0 Å². The van der Waals surface area contributed by atoms with Crippen LogP contribution in [-0.2, 0) is 14.6 Å². The van der Waals surface area contributed by atoms with Crippen LogP contribution in [0.4, 0.5) is 4.79 Å². The first-order chi connectivity index (χ1) is 14.3. The molecule has 2 aromatic rings. The average Bonchev–Trinajstić information content (AvgIpc) is 2.67. The van der Waals surface area contributed by atoms with Gasteiger partial charge in [0.05, 0.1) is 18.8 Å². The lowest BCUT2D eigenvalue weighted by molar-refractivity contribution is 0.0353. The Morgan fingerprint density at radius 2 is 1.45 bits per heavy atom. The van der Waals surface area contributed by atoms with E-state index in [0.717, 1.165) is 10.4 Å². The summed E-state index contributed by atoms with van der Waals surface area (Å²) in [6, 6.07) is 18.6. The number of hydrogen-bond donors (Lipinski definition) is 2. The van der Waals surface area contributed by atoms with Crippen LogP contribution in [0.25, 0.3) is 0 Å². The molecule has 0 bridgehead atoms. The summed E-state index contributed by atoms with van der Waals surface area (Å²) in [5, 5.41) is 15.0. The summed E-state index contributed by atoms with van der Waals surface area (Å²) in [6.45, 7) is 13.6. The molecule has 0 spiro atoms. The predicted octanol–water partition coefficient (Wildman–Crippen LogP) is 3.38. The Kier molecular flexibility index (Phi) is 8.08. The number of aliphatic hydroxyl groups excluding tert-OH is 1. The number of amides is 1. The topological polar surface area (TPSA) is 67.8 Å². The van der Waals surface area contributed by atoms with Gasteiger partial charge in [0, 0.05) is 0 Å². The van der Waals surface area contributed by atoms with Gasteiger partial charge in [0.25, 0.3) is 9.04 Å². The van der Waals surface area contributed by atoms with Crippen molar-refractivity contribution in [3.05, 3.63) is 60.2 Å². The normalized spacial score (nSPS) is 14.2. The van der Waals surface area contributed by atoms with Crippen LogP contribution in [0, 0.1) is 0 Å². The van der Waals surface area contributed by atoms with E-state index in [4.69, 9.17) is 9.16 Å². The zero-order valence-corrected chi connectivity index (χ0v) is 20.8. The van der Waals surface area contributed by atoms with Gasteiger partial charge < -0.3 is 19.6 Å². The Bertz CT molecular complexity index is 841.